The van der Waals surface area contributed by atoms with E-state index in [1.165, 1.54) is 44.9 Å². The second kappa shape index (κ2) is 15.0. The van der Waals surface area contributed by atoms with Crippen LogP contribution in [0.2, 0.25) is 0 Å². The van der Waals surface area contributed by atoms with Gasteiger partial charge in [-0.15, -0.1) is 0 Å². The van der Waals surface area contributed by atoms with Crippen molar-refractivity contribution in [1.82, 2.24) is 4.90 Å². The fourth-order valence-corrected chi connectivity index (χ4v) is 13.1. The highest BCUT2D eigenvalue weighted by Crippen LogP contribution is 2.57. The van der Waals surface area contributed by atoms with Gasteiger partial charge in [0.25, 0.3) is 0 Å². The third kappa shape index (κ3) is 6.86. The van der Waals surface area contributed by atoms with E-state index in [4.69, 9.17) is 4.74 Å². The molecule has 0 radical (unpaired) electrons. The van der Waals surface area contributed by atoms with Gasteiger partial charge in [-0.1, -0.05) is 146 Å². The number of ether oxygens (including phenoxy) is 1. The average Bonchev–Trinajstić information content (AvgIpc) is 3.51. The lowest BCUT2D eigenvalue weighted by Gasteiger charge is -2.41. The van der Waals surface area contributed by atoms with Crippen LogP contribution in [0.3, 0.4) is 0 Å². The molecule has 0 N–H and O–H groups in total. The summed E-state index contributed by atoms with van der Waals surface area (Å²) in [7, 11) is 5.08. The summed E-state index contributed by atoms with van der Waals surface area (Å²) in [6.07, 6.45) is 2.40. The smallest absolute Gasteiger partial charge is 0.0865 e. The van der Waals surface area contributed by atoms with Crippen molar-refractivity contribution in [1.29, 1.82) is 0 Å². The lowest BCUT2D eigenvalue weighted by molar-refractivity contribution is 0.0216. The van der Waals surface area contributed by atoms with Gasteiger partial charge in [-0.2, -0.15) is 0 Å². The Morgan fingerprint density at radius 1 is 0.600 bits per heavy atom. The normalized spacial score (nSPS) is 19.7. The molecule has 45 heavy (non-hydrogen) atoms. The van der Waals surface area contributed by atoms with E-state index in [2.05, 4.69) is 172 Å². The van der Waals surface area contributed by atoms with Gasteiger partial charge in [-0.3, -0.25) is 0 Å². The molecule has 5 aromatic carbocycles. The molecule has 1 aliphatic rings. The van der Waals surface area contributed by atoms with E-state index in [-0.39, 0.29) is 6.10 Å². The minimum absolute atomic E-state index is 0.0176. The molecular weight excluding hydrogens is 584 g/mol. The Balaban J connectivity index is 1.52. The molecule has 0 heterocycles. The Bertz CT molecular complexity index is 1530. The number of methoxy groups -OCH3 is 1. The molecule has 1 saturated carbocycles. The summed E-state index contributed by atoms with van der Waals surface area (Å²) in [6, 6.07) is 54.4. The first-order valence-electron chi connectivity index (χ1n) is 16.2. The van der Waals surface area contributed by atoms with Crippen LogP contribution in [0.4, 0.5) is 0 Å². The van der Waals surface area contributed by atoms with Crippen LogP contribution in [0.15, 0.2) is 146 Å². The van der Waals surface area contributed by atoms with Crippen LogP contribution in [0.25, 0.3) is 0 Å². The molecule has 0 saturated heterocycles. The van der Waals surface area contributed by atoms with Gasteiger partial charge in [0.05, 0.1) is 6.10 Å². The van der Waals surface area contributed by atoms with E-state index in [9.17, 15) is 0 Å². The van der Waals surface area contributed by atoms with E-state index < -0.39 is 15.8 Å². The summed E-state index contributed by atoms with van der Waals surface area (Å²) in [5.74, 6) is 0.878. The highest BCUT2D eigenvalue weighted by Gasteiger charge is 2.48. The minimum atomic E-state index is -0.764. The Labute approximate surface area is 273 Å². The van der Waals surface area contributed by atoms with Crippen molar-refractivity contribution >= 4 is 42.4 Å². The van der Waals surface area contributed by atoms with Gasteiger partial charge < -0.3 is 9.64 Å². The van der Waals surface area contributed by atoms with Crippen molar-refractivity contribution in [3.8, 4) is 0 Å². The molecule has 6 rings (SSSR count). The molecule has 1 fully saturated rings. The van der Waals surface area contributed by atoms with Crippen LogP contribution in [0, 0.1) is 11.8 Å². The fraction of sp³-hybridized carbons (Fsp3) is 0.268. The molecule has 5 aromatic rings. The van der Waals surface area contributed by atoms with Crippen molar-refractivity contribution < 1.29 is 4.74 Å². The van der Waals surface area contributed by atoms with Crippen molar-refractivity contribution in [2.75, 3.05) is 21.2 Å². The highest BCUT2D eigenvalue weighted by molar-refractivity contribution is 7.80. The fourth-order valence-electron chi connectivity index (χ4n) is 7.42. The first kappa shape index (κ1) is 31.8. The van der Waals surface area contributed by atoms with Crippen molar-refractivity contribution in [2.24, 2.45) is 11.8 Å². The molecule has 1 aliphatic carbocycles. The van der Waals surface area contributed by atoms with E-state index in [0.29, 0.717) is 23.5 Å². The number of hydrogen-bond donors (Lipinski definition) is 0. The zero-order chi connectivity index (χ0) is 31.2. The molecule has 2 nitrogen and oxygen atoms in total. The lowest BCUT2D eigenvalue weighted by Crippen LogP contribution is -2.41. The second-order valence-corrected chi connectivity index (χ2v) is 17.0. The van der Waals surface area contributed by atoms with Crippen LogP contribution in [0.1, 0.15) is 31.4 Å². The molecule has 0 bridgehead atoms. The SMILES string of the molecule is COC(c1ccccc1P(c1ccccc1)c1ccccc1)C1C([C@@H](C)N(C)C)CCC1P(c1ccccc1)c1ccccc1. The van der Waals surface area contributed by atoms with Crippen LogP contribution < -0.4 is 26.5 Å². The molecule has 0 spiro atoms. The summed E-state index contributed by atoms with van der Waals surface area (Å²) in [5.41, 5.74) is 1.85. The van der Waals surface area contributed by atoms with Gasteiger partial charge in [0.1, 0.15) is 0 Å². The topological polar surface area (TPSA) is 12.5 Å². The molecule has 5 atom stereocenters. The van der Waals surface area contributed by atoms with Crippen molar-refractivity contribution in [3.05, 3.63) is 151 Å². The zero-order valence-corrected chi connectivity index (χ0v) is 28.7. The minimum Gasteiger partial charge on any atom is -0.376 e. The first-order valence-corrected chi connectivity index (χ1v) is 18.9. The lowest BCUT2D eigenvalue weighted by atomic mass is 9.82. The van der Waals surface area contributed by atoms with Gasteiger partial charge in [0.2, 0.25) is 0 Å². The summed E-state index contributed by atoms with van der Waals surface area (Å²) < 4.78 is 6.80. The molecule has 0 aromatic heterocycles. The van der Waals surface area contributed by atoms with Crippen LogP contribution in [-0.2, 0) is 4.74 Å². The van der Waals surface area contributed by atoms with Gasteiger partial charge in [-0.05, 0) is 93.4 Å². The molecule has 0 amide bonds. The van der Waals surface area contributed by atoms with E-state index in [1.54, 1.807) is 0 Å². The standard InChI is InChI=1S/C41H45NOP2/c1-31(42(2)3)36-29-30-39(45(34-23-13-7-14-24-34)35-25-15-8-16-26-35)40(36)41(43-4)37-27-17-18-28-38(37)44(32-19-9-5-10-20-32)33-21-11-6-12-22-33/h5-28,31,36,39-41H,29-30H2,1-4H3/t31-,36?,39?,40?,41?/m1/s1. The number of rotatable bonds is 11. The summed E-state index contributed by atoms with van der Waals surface area (Å²) in [5, 5.41) is 7.08. The van der Waals surface area contributed by atoms with Crippen LogP contribution in [0.5, 0.6) is 0 Å². The predicted octanol–water partition coefficient (Wildman–Crippen LogP) is 7.61. The maximum atomic E-state index is 6.80. The predicted molar refractivity (Wildman–Crippen MR) is 197 cm³/mol. The quantitative estimate of drug-likeness (QED) is 0.140. The number of nitrogens with zero attached hydrogens (tertiary/aromatic N) is 1. The molecule has 230 valence electrons. The average molecular weight is 630 g/mol. The first-order chi connectivity index (χ1) is 22.1. The zero-order valence-electron chi connectivity index (χ0n) is 26.9. The second-order valence-electron chi connectivity index (χ2n) is 12.4. The van der Waals surface area contributed by atoms with E-state index in [1.807, 2.05) is 7.11 Å². The van der Waals surface area contributed by atoms with Gasteiger partial charge in [0, 0.05) is 19.1 Å². The Kier molecular flexibility index (Phi) is 10.6. The molecule has 4 heteroatoms. The summed E-state index contributed by atoms with van der Waals surface area (Å²) >= 11 is 0. The van der Waals surface area contributed by atoms with Crippen molar-refractivity contribution in [2.45, 2.75) is 37.6 Å². The Hall–Kier alpha value is -3.12. The van der Waals surface area contributed by atoms with E-state index in [0.717, 1.165) is 0 Å². The van der Waals surface area contributed by atoms with E-state index >= 15 is 0 Å². The van der Waals surface area contributed by atoms with Gasteiger partial charge >= 0.3 is 0 Å². The third-order valence-electron chi connectivity index (χ3n) is 9.69. The Morgan fingerprint density at radius 2 is 1.04 bits per heavy atom. The monoisotopic (exact) mass is 629 g/mol. The van der Waals surface area contributed by atoms with Gasteiger partial charge in [0.15, 0.2) is 0 Å². The molecular formula is C41H45NOP2. The van der Waals surface area contributed by atoms with Crippen LogP contribution >= 0.6 is 15.8 Å². The van der Waals surface area contributed by atoms with Gasteiger partial charge in [-0.25, -0.2) is 0 Å². The summed E-state index contributed by atoms with van der Waals surface area (Å²) in [6.45, 7) is 2.42. The van der Waals surface area contributed by atoms with Crippen molar-refractivity contribution in [3.63, 3.8) is 0 Å². The Morgan fingerprint density at radius 3 is 1.51 bits per heavy atom. The third-order valence-corrected chi connectivity index (χ3v) is 15.2. The maximum absolute atomic E-state index is 6.80. The molecule has 4 unspecified atom stereocenters. The highest BCUT2D eigenvalue weighted by atomic mass is 31.1. The maximum Gasteiger partial charge on any atom is 0.0865 e. The number of hydrogen-bond acceptors (Lipinski definition) is 2. The summed E-state index contributed by atoms with van der Waals surface area (Å²) in [4.78, 5) is 2.42. The molecule has 0 aliphatic heterocycles. The number of benzene rings is 5. The van der Waals surface area contributed by atoms with Crippen LogP contribution in [-0.4, -0.2) is 37.8 Å². The largest absolute Gasteiger partial charge is 0.376 e.